The van der Waals surface area contributed by atoms with Crippen LogP contribution in [0.15, 0.2) is 12.1 Å². The van der Waals surface area contributed by atoms with E-state index in [0.717, 1.165) is 36.0 Å². The molecule has 2 aliphatic heterocycles. The van der Waals surface area contributed by atoms with E-state index in [0.29, 0.717) is 18.0 Å². The lowest BCUT2D eigenvalue weighted by Crippen LogP contribution is -2.58. The molecule has 2 aliphatic rings. The fourth-order valence-electron chi connectivity index (χ4n) is 3.84. The summed E-state index contributed by atoms with van der Waals surface area (Å²) in [5.41, 5.74) is 2.68. The molecule has 1 fully saturated rings. The number of thiocarbonyl (C=S) groups is 1. The number of benzene rings is 1. The van der Waals surface area contributed by atoms with Crippen LogP contribution in [0, 0.1) is 5.92 Å². The Morgan fingerprint density at radius 3 is 2.59 bits per heavy atom. The fraction of sp³-hybridized carbons (Fsp3) is 0.588. The number of hydrogen-bond donors (Lipinski definition) is 1. The van der Waals surface area contributed by atoms with Crippen LogP contribution in [0.3, 0.4) is 0 Å². The Morgan fingerprint density at radius 1 is 1.27 bits per heavy atom. The molecule has 0 saturated carbocycles. The highest BCUT2D eigenvalue weighted by atomic mass is 32.1. The lowest BCUT2D eigenvalue weighted by Gasteiger charge is -2.49. The van der Waals surface area contributed by atoms with Crippen molar-refractivity contribution in [3.05, 3.63) is 23.3 Å². The molecule has 0 radical (unpaired) electrons. The third-order valence-corrected chi connectivity index (χ3v) is 5.42. The van der Waals surface area contributed by atoms with Gasteiger partial charge in [-0.15, -0.1) is 0 Å². The Labute approximate surface area is 137 Å². The first kappa shape index (κ1) is 15.4. The number of nitrogens with one attached hydrogen (secondary N) is 1. The molecule has 1 N–H and O–H groups in total. The van der Waals surface area contributed by atoms with Gasteiger partial charge in [-0.25, -0.2) is 0 Å². The van der Waals surface area contributed by atoms with Crippen LogP contribution < -0.4 is 14.8 Å². The van der Waals surface area contributed by atoms with Gasteiger partial charge in [0.15, 0.2) is 16.6 Å². The van der Waals surface area contributed by atoms with Gasteiger partial charge in [0.1, 0.15) is 0 Å². The maximum Gasteiger partial charge on any atom is 0.169 e. The minimum Gasteiger partial charge on any atom is -0.493 e. The van der Waals surface area contributed by atoms with Gasteiger partial charge in [0.05, 0.1) is 20.3 Å². The fourth-order valence-corrected chi connectivity index (χ4v) is 4.19. The van der Waals surface area contributed by atoms with Crippen molar-refractivity contribution in [2.24, 2.45) is 5.92 Å². The molecule has 3 rings (SSSR count). The summed E-state index contributed by atoms with van der Waals surface area (Å²) in [7, 11) is 3.38. The summed E-state index contributed by atoms with van der Waals surface area (Å²) < 4.78 is 11.0. The van der Waals surface area contributed by atoms with Gasteiger partial charge in [-0.2, -0.15) is 0 Å². The van der Waals surface area contributed by atoms with Crippen LogP contribution in [0.1, 0.15) is 37.4 Å². The number of nitrogens with zero attached hydrogens (tertiary/aromatic N) is 1. The minimum absolute atomic E-state index is 0.322. The molecule has 0 aliphatic carbocycles. The molecule has 3 atom stereocenters. The van der Waals surface area contributed by atoms with Crippen LogP contribution in [0.4, 0.5) is 0 Å². The highest BCUT2D eigenvalue weighted by Crippen LogP contribution is 2.43. The zero-order valence-corrected chi connectivity index (χ0v) is 14.5. The molecule has 0 spiro atoms. The molecule has 0 bridgehead atoms. The summed E-state index contributed by atoms with van der Waals surface area (Å²) in [6, 6.07) is 5.02. The van der Waals surface area contributed by atoms with Crippen molar-refractivity contribution in [3.63, 3.8) is 0 Å². The molecule has 0 aromatic heterocycles. The van der Waals surface area contributed by atoms with Crippen molar-refractivity contribution in [3.8, 4) is 11.5 Å². The maximum absolute atomic E-state index is 5.60. The van der Waals surface area contributed by atoms with Crippen LogP contribution in [-0.2, 0) is 6.42 Å². The molecule has 5 heteroatoms. The van der Waals surface area contributed by atoms with Crippen LogP contribution >= 0.6 is 12.2 Å². The lowest BCUT2D eigenvalue weighted by atomic mass is 9.80. The number of methoxy groups -OCH3 is 2. The average Bonchev–Trinajstić information content (AvgIpc) is 2.55. The van der Waals surface area contributed by atoms with Gasteiger partial charge in [0.25, 0.3) is 0 Å². The Bertz CT molecular complexity index is 590. The predicted octanol–water partition coefficient (Wildman–Crippen LogP) is 2.91. The number of ether oxygens (including phenoxy) is 2. The van der Waals surface area contributed by atoms with Crippen molar-refractivity contribution in [1.29, 1.82) is 0 Å². The van der Waals surface area contributed by atoms with Gasteiger partial charge in [-0.3, -0.25) is 0 Å². The standard InChI is InChI=1S/C17H24N2O2S/c1-5-13-10(2)16-12-9-15(21-4)14(20-3)8-11(12)6-7-19(16)17(22)18-13/h8-10,13,16H,5-7H2,1-4H3,(H,18,22). The molecule has 4 nitrogen and oxygen atoms in total. The largest absolute Gasteiger partial charge is 0.493 e. The first-order chi connectivity index (χ1) is 10.6. The molecule has 0 amide bonds. The van der Waals surface area contributed by atoms with E-state index in [2.05, 4.69) is 36.2 Å². The van der Waals surface area contributed by atoms with E-state index in [1.54, 1.807) is 14.2 Å². The predicted molar refractivity (Wildman–Crippen MR) is 91.7 cm³/mol. The van der Waals surface area contributed by atoms with Gasteiger partial charge in [-0.1, -0.05) is 13.8 Å². The second kappa shape index (κ2) is 5.95. The van der Waals surface area contributed by atoms with E-state index in [-0.39, 0.29) is 0 Å². The Balaban J connectivity index is 2.07. The molecule has 120 valence electrons. The highest BCUT2D eigenvalue weighted by molar-refractivity contribution is 7.80. The van der Waals surface area contributed by atoms with Crippen molar-refractivity contribution >= 4 is 17.3 Å². The molecule has 3 unspecified atom stereocenters. The van der Waals surface area contributed by atoms with Crippen LogP contribution in [-0.4, -0.2) is 36.8 Å². The maximum atomic E-state index is 5.60. The third-order valence-electron chi connectivity index (χ3n) is 5.06. The second-order valence-electron chi connectivity index (χ2n) is 6.12. The SMILES string of the molecule is CCC1NC(=S)N2CCc3cc(OC)c(OC)cc3C2C1C. The second-order valence-corrected chi connectivity index (χ2v) is 6.50. The van der Waals surface area contributed by atoms with E-state index in [9.17, 15) is 0 Å². The molecule has 2 heterocycles. The van der Waals surface area contributed by atoms with E-state index in [4.69, 9.17) is 21.7 Å². The van der Waals surface area contributed by atoms with E-state index < -0.39 is 0 Å². The van der Waals surface area contributed by atoms with E-state index >= 15 is 0 Å². The van der Waals surface area contributed by atoms with Gasteiger partial charge in [0.2, 0.25) is 0 Å². The van der Waals surface area contributed by atoms with Crippen molar-refractivity contribution in [1.82, 2.24) is 10.2 Å². The Hall–Kier alpha value is -1.49. The lowest BCUT2D eigenvalue weighted by molar-refractivity contribution is 0.157. The molecule has 22 heavy (non-hydrogen) atoms. The van der Waals surface area contributed by atoms with Crippen molar-refractivity contribution < 1.29 is 9.47 Å². The normalized spacial score (nSPS) is 26.8. The van der Waals surface area contributed by atoms with Gasteiger partial charge in [-0.05, 0) is 48.3 Å². The summed E-state index contributed by atoms with van der Waals surface area (Å²) in [6.45, 7) is 5.48. The van der Waals surface area contributed by atoms with E-state index in [1.165, 1.54) is 11.1 Å². The van der Waals surface area contributed by atoms with Crippen molar-refractivity contribution in [2.45, 2.75) is 38.8 Å². The Kier molecular flexibility index (Phi) is 4.17. The summed E-state index contributed by atoms with van der Waals surface area (Å²) in [5, 5.41) is 4.38. The first-order valence-corrected chi connectivity index (χ1v) is 8.33. The van der Waals surface area contributed by atoms with Gasteiger partial charge in [0, 0.05) is 18.5 Å². The topological polar surface area (TPSA) is 33.7 Å². The summed E-state index contributed by atoms with van der Waals surface area (Å²) in [4.78, 5) is 2.33. The number of hydrogen-bond acceptors (Lipinski definition) is 3. The summed E-state index contributed by atoms with van der Waals surface area (Å²) in [5.74, 6) is 2.10. The summed E-state index contributed by atoms with van der Waals surface area (Å²) in [6.07, 6.45) is 2.06. The average molecular weight is 320 g/mol. The zero-order chi connectivity index (χ0) is 15.9. The van der Waals surface area contributed by atoms with Crippen LogP contribution in [0.5, 0.6) is 11.5 Å². The number of rotatable bonds is 3. The smallest absolute Gasteiger partial charge is 0.169 e. The monoisotopic (exact) mass is 320 g/mol. The highest BCUT2D eigenvalue weighted by Gasteiger charge is 2.41. The minimum atomic E-state index is 0.322. The van der Waals surface area contributed by atoms with Gasteiger partial charge < -0.3 is 19.7 Å². The Morgan fingerprint density at radius 2 is 1.95 bits per heavy atom. The van der Waals surface area contributed by atoms with Gasteiger partial charge >= 0.3 is 0 Å². The van der Waals surface area contributed by atoms with Crippen LogP contribution in [0.2, 0.25) is 0 Å². The third kappa shape index (κ3) is 2.32. The summed E-state index contributed by atoms with van der Waals surface area (Å²) >= 11 is 5.60. The first-order valence-electron chi connectivity index (χ1n) is 7.92. The van der Waals surface area contributed by atoms with E-state index in [1.807, 2.05) is 0 Å². The molecular weight excluding hydrogens is 296 g/mol. The molecular formula is C17H24N2O2S. The van der Waals surface area contributed by atoms with Crippen LogP contribution in [0.25, 0.3) is 0 Å². The van der Waals surface area contributed by atoms with Crippen molar-refractivity contribution in [2.75, 3.05) is 20.8 Å². The quantitative estimate of drug-likeness (QED) is 0.866. The molecule has 1 saturated heterocycles. The molecule has 1 aromatic rings. The molecule has 1 aromatic carbocycles. The number of fused-ring (bicyclic) bond motifs is 3. The zero-order valence-electron chi connectivity index (χ0n) is 13.7.